The number of amides is 2. The molecule has 0 radical (unpaired) electrons. The van der Waals surface area contributed by atoms with Crippen LogP contribution < -0.4 is 15.4 Å². The third kappa shape index (κ3) is 4.78. The summed E-state index contributed by atoms with van der Waals surface area (Å²) in [7, 11) is 0. The highest BCUT2D eigenvalue weighted by Crippen LogP contribution is 2.22. The van der Waals surface area contributed by atoms with Crippen molar-refractivity contribution in [2.24, 2.45) is 0 Å². The van der Waals surface area contributed by atoms with Crippen molar-refractivity contribution < 1.29 is 14.3 Å². The van der Waals surface area contributed by atoms with Crippen LogP contribution in [0.3, 0.4) is 0 Å². The summed E-state index contributed by atoms with van der Waals surface area (Å²) in [6.45, 7) is 4.03. The molecule has 0 aliphatic carbocycles. The van der Waals surface area contributed by atoms with Gasteiger partial charge in [0.1, 0.15) is 18.0 Å². The van der Waals surface area contributed by atoms with Gasteiger partial charge in [0.05, 0.1) is 11.3 Å². The second kappa shape index (κ2) is 9.34. The number of carbonyl (C=O) groups is 2. The first kappa shape index (κ1) is 21.1. The molecule has 2 aromatic heterocycles. The average molecular weight is 428 g/mol. The van der Waals surface area contributed by atoms with Crippen molar-refractivity contribution in [1.29, 1.82) is 0 Å². The van der Waals surface area contributed by atoms with E-state index in [0.717, 1.165) is 16.9 Å². The number of benzene rings is 2. The molecular weight excluding hydrogens is 404 g/mol. The summed E-state index contributed by atoms with van der Waals surface area (Å²) in [5, 5.41) is 5.65. The molecular formula is C25H24N4O3. The predicted molar refractivity (Wildman–Crippen MR) is 124 cm³/mol. The predicted octanol–water partition coefficient (Wildman–Crippen LogP) is 4.82. The number of fused-ring (bicyclic) bond motifs is 1. The lowest BCUT2D eigenvalue weighted by atomic mass is 10.1. The number of aromatic nitrogens is 2. The van der Waals surface area contributed by atoms with Gasteiger partial charge in [0.2, 0.25) is 5.91 Å². The first-order valence-corrected chi connectivity index (χ1v) is 10.4. The highest BCUT2D eigenvalue weighted by atomic mass is 16.5. The third-order valence-electron chi connectivity index (χ3n) is 4.96. The molecule has 4 rings (SSSR count). The average Bonchev–Trinajstić information content (AvgIpc) is 3.22. The highest BCUT2D eigenvalue weighted by molar-refractivity contribution is 6.06. The Hall–Kier alpha value is -4.13. The van der Waals surface area contributed by atoms with Crippen LogP contribution in [0.25, 0.3) is 5.65 Å². The molecule has 0 fully saturated rings. The van der Waals surface area contributed by atoms with Gasteiger partial charge in [-0.1, -0.05) is 31.2 Å². The number of hydrogen-bond acceptors (Lipinski definition) is 4. The lowest BCUT2D eigenvalue weighted by Gasteiger charge is -2.12. The summed E-state index contributed by atoms with van der Waals surface area (Å²) in [6, 6.07) is 18.1. The first-order valence-electron chi connectivity index (χ1n) is 10.4. The van der Waals surface area contributed by atoms with Gasteiger partial charge in [0.25, 0.3) is 5.91 Å². The highest BCUT2D eigenvalue weighted by Gasteiger charge is 2.14. The van der Waals surface area contributed by atoms with Gasteiger partial charge >= 0.3 is 0 Å². The quantitative estimate of drug-likeness (QED) is 0.442. The molecule has 7 nitrogen and oxygen atoms in total. The van der Waals surface area contributed by atoms with Crippen LogP contribution in [-0.2, 0) is 11.4 Å². The van der Waals surface area contributed by atoms with Crippen molar-refractivity contribution in [2.45, 2.75) is 26.9 Å². The largest absolute Gasteiger partial charge is 0.486 e. The molecule has 4 aromatic rings. The molecule has 2 heterocycles. The maximum absolute atomic E-state index is 12.9. The second-order valence-electron chi connectivity index (χ2n) is 7.38. The minimum Gasteiger partial charge on any atom is -0.486 e. The Bertz CT molecular complexity index is 1280. The number of nitrogens with zero attached hydrogens (tertiary/aromatic N) is 2. The summed E-state index contributed by atoms with van der Waals surface area (Å²) in [5.74, 6) is 0.0778. The molecule has 0 bridgehead atoms. The maximum Gasteiger partial charge on any atom is 0.259 e. The van der Waals surface area contributed by atoms with Crippen LogP contribution in [0, 0.1) is 6.92 Å². The van der Waals surface area contributed by atoms with E-state index in [2.05, 4.69) is 15.6 Å². The summed E-state index contributed by atoms with van der Waals surface area (Å²) < 4.78 is 7.90. The number of pyridine rings is 1. The van der Waals surface area contributed by atoms with Gasteiger partial charge in [-0.25, -0.2) is 4.98 Å². The standard InChI is InChI=1S/C25H24N4O3/c1-3-23(30)26-18-9-6-10-19(14-18)28-25(31)21-11-4-5-12-22(21)32-16-20-15-29-13-7-8-17(2)24(29)27-20/h4-15H,3,16H2,1-2H3,(H,26,30)(H,28,31). The van der Waals surface area contributed by atoms with Crippen LogP contribution in [0.4, 0.5) is 11.4 Å². The first-order chi connectivity index (χ1) is 15.5. The van der Waals surface area contributed by atoms with Crippen molar-refractivity contribution in [1.82, 2.24) is 9.38 Å². The van der Waals surface area contributed by atoms with Crippen LogP contribution in [0.5, 0.6) is 5.75 Å². The summed E-state index contributed by atoms with van der Waals surface area (Å²) >= 11 is 0. The molecule has 7 heteroatoms. The Morgan fingerprint density at radius 3 is 2.56 bits per heavy atom. The van der Waals surface area contributed by atoms with Gasteiger partial charge in [-0.15, -0.1) is 0 Å². The number of aryl methyl sites for hydroxylation is 1. The number of hydrogen-bond donors (Lipinski definition) is 2. The Labute approximate surface area is 186 Å². The molecule has 2 amide bonds. The van der Waals surface area contributed by atoms with Gasteiger partial charge < -0.3 is 19.8 Å². The topological polar surface area (TPSA) is 84.7 Å². The van der Waals surface area contributed by atoms with Crippen LogP contribution in [0.1, 0.15) is 35.0 Å². The van der Waals surface area contributed by atoms with Crippen molar-refractivity contribution >= 4 is 28.8 Å². The third-order valence-corrected chi connectivity index (χ3v) is 4.96. The number of nitrogens with one attached hydrogen (secondary N) is 2. The molecule has 0 saturated carbocycles. The molecule has 2 aromatic carbocycles. The van der Waals surface area contributed by atoms with E-state index in [0.29, 0.717) is 29.1 Å². The van der Waals surface area contributed by atoms with Crippen molar-refractivity contribution in [3.8, 4) is 5.75 Å². The molecule has 0 unspecified atom stereocenters. The Morgan fingerprint density at radius 2 is 1.78 bits per heavy atom. The maximum atomic E-state index is 12.9. The van der Waals surface area contributed by atoms with E-state index in [1.165, 1.54) is 0 Å². The lowest BCUT2D eigenvalue weighted by Crippen LogP contribution is -2.14. The monoisotopic (exact) mass is 428 g/mol. The number of ether oxygens (including phenoxy) is 1. The molecule has 0 spiro atoms. The Morgan fingerprint density at radius 1 is 1.00 bits per heavy atom. The Kier molecular flexibility index (Phi) is 6.17. The van der Waals surface area contributed by atoms with E-state index in [1.807, 2.05) is 41.9 Å². The zero-order valence-corrected chi connectivity index (χ0v) is 18.0. The summed E-state index contributed by atoms with van der Waals surface area (Å²) in [6.07, 6.45) is 4.24. The van der Waals surface area contributed by atoms with E-state index < -0.39 is 0 Å². The number of imidazole rings is 1. The zero-order chi connectivity index (χ0) is 22.5. The van der Waals surface area contributed by atoms with Gasteiger partial charge in [0.15, 0.2) is 0 Å². The molecule has 0 atom stereocenters. The lowest BCUT2D eigenvalue weighted by molar-refractivity contribution is -0.115. The van der Waals surface area contributed by atoms with Crippen molar-refractivity contribution in [2.75, 3.05) is 10.6 Å². The van der Waals surface area contributed by atoms with E-state index >= 15 is 0 Å². The minimum absolute atomic E-state index is 0.0886. The fraction of sp³-hybridized carbons (Fsp3) is 0.160. The zero-order valence-electron chi connectivity index (χ0n) is 18.0. The Balaban J connectivity index is 1.48. The number of carbonyl (C=O) groups excluding carboxylic acids is 2. The molecule has 162 valence electrons. The fourth-order valence-electron chi connectivity index (χ4n) is 3.33. The molecule has 0 aliphatic rings. The van der Waals surface area contributed by atoms with E-state index in [-0.39, 0.29) is 18.4 Å². The minimum atomic E-state index is -0.301. The molecule has 0 saturated heterocycles. The number of rotatable bonds is 7. The van der Waals surface area contributed by atoms with E-state index in [4.69, 9.17) is 4.74 Å². The smallest absolute Gasteiger partial charge is 0.259 e. The normalized spacial score (nSPS) is 10.7. The SMILES string of the molecule is CCC(=O)Nc1cccc(NC(=O)c2ccccc2OCc2cn3cccc(C)c3n2)c1. The van der Waals surface area contributed by atoms with Gasteiger partial charge in [-0.3, -0.25) is 9.59 Å². The van der Waals surface area contributed by atoms with Crippen molar-refractivity contribution in [3.05, 3.63) is 89.9 Å². The molecule has 2 N–H and O–H groups in total. The second-order valence-corrected chi connectivity index (χ2v) is 7.38. The van der Waals surface area contributed by atoms with Gasteiger partial charge in [-0.05, 0) is 48.9 Å². The number of para-hydroxylation sites is 1. The van der Waals surface area contributed by atoms with Gasteiger partial charge in [0, 0.05) is 30.2 Å². The van der Waals surface area contributed by atoms with E-state index in [1.54, 1.807) is 49.4 Å². The van der Waals surface area contributed by atoms with E-state index in [9.17, 15) is 9.59 Å². The van der Waals surface area contributed by atoms with Crippen LogP contribution in [0.15, 0.2) is 73.1 Å². The summed E-state index contributed by atoms with van der Waals surface area (Å²) in [5.41, 5.74) is 4.35. The molecule has 32 heavy (non-hydrogen) atoms. The van der Waals surface area contributed by atoms with Crippen molar-refractivity contribution in [3.63, 3.8) is 0 Å². The van der Waals surface area contributed by atoms with Crippen LogP contribution >= 0.6 is 0 Å². The van der Waals surface area contributed by atoms with Gasteiger partial charge in [-0.2, -0.15) is 0 Å². The number of anilines is 2. The fourth-order valence-corrected chi connectivity index (χ4v) is 3.33. The summed E-state index contributed by atoms with van der Waals surface area (Å²) in [4.78, 5) is 29.2. The van der Waals surface area contributed by atoms with Crippen LogP contribution in [0.2, 0.25) is 0 Å². The van der Waals surface area contributed by atoms with Crippen LogP contribution in [-0.4, -0.2) is 21.2 Å². The molecule has 0 aliphatic heterocycles.